The normalized spacial score (nSPS) is 25.5. The van der Waals surface area contributed by atoms with Crippen LogP contribution in [0.25, 0.3) is 0 Å². The number of guanidine groups is 1. The standard InChI is InChI=1S/C19H36N4O/c1-20-18(21-11-5-6-17-7-8-17)22-16-19(9-3-2-4-10-19)23-12-14-24-15-13-23/h17H,2-16H2,1H3,(H2,20,21,22). The van der Waals surface area contributed by atoms with E-state index in [1.165, 1.54) is 57.8 Å². The molecule has 3 fully saturated rings. The lowest BCUT2D eigenvalue weighted by Crippen LogP contribution is -2.60. The van der Waals surface area contributed by atoms with E-state index >= 15 is 0 Å². The molecule has 0 spiro atoms. The Labute approximate surface area is 147 Å². The molecule has 1 saturated heterocycles. The summed E-state index contributed by atoms with van der Waals surface area (Å²) in [6, 6.07) is 0. The van der Waals surface area contributed by atoms with Gasteiger partial charge in [0, 0.05) is 38.8 Å². The van der Waals surface area contributed by atoms with Crippen molar-refractivity contribution in [1.82, 2.24) is 15.5 Å². The quantitative estimate of drug-likeness (QED) is 0.426. The van der Waals surface area contributed by atoms with Gasteiger partial charge in [0.05, 0.1) is 13.2 Å². The van der Waals surface area contributed by atoms with Gasteiger partial charge in [0.1, 0.15) is 0 Å². The Balaban J connectivity index is 1.47. The van der Waals surface area contributed by atoms with Gasteiger partial charge in [-0.15, -0.1) is 0 Å². The van der Waals surface area contributed by atoms with Crippen LogP contribution >= 0.6 is 0 Å². The Bertz CT molecular complexity index is 396. The highest BCUT2D eigenvalue weighted by atomic mass is 16.5. The number of rotatable bonds is 7. The number of hydrogen-bond acceptors (Lipinski definition) is 3. The molecule has 5 heteroatoms. The van der Waals surface area contributed by atoms with Crippen molar-refractivity contribution >= 4 is 5.96 Å². The molecule has 0 radical (unpaired) electrons. The number of ether oxygens (including phenoxy) is 1. The maximum absolute atomic E-state index is 5.57. The highest BCUT2D eigenvalue weighted by Gasteiger charge is 2.38. The molecule has 0 amide bonds. The fourth-order valence-electron chi connectivity index (χ4n) is 4.33. The molecule has 0 atom stereocenters. The largest absolute Gasteiger partial charge is 0.379 e. The summed E-state index contributed by atoms with van der Waals surface area (Å²) in [5, 5.41) is 7.15. The summed E-state index contributed by atoms with van der Waals surface area (Å²) in [7, 11) is 1.89. The Kier molecular flexibility index (Phi) is 6.78. The van der Waals surface area contributed by atoms with Gasteiger partial charge in [0.25, 0.3) is 0 Å². The maximum atomic E-state index is 5.57. The second-order valence-corrected chi connectivity index (χ2v) is 7.82. The summed E-state index contributed by atoms with van der Waals surface area (Å²) >= 11 is 0. The first-order valence-corrected chi connectivity index (χ1v) is 10.1. The monoisotopic (exact) mass is 336 g/mol. The first-order chi connectivity index (χ1) is 11.8. The number of nitrogens with zero attached hydrogens (tertiary/aromatic N) is 2. The van der Waals surface area contributed by atoms with E-state index in [-0.39, 0.29) is 0 Å². The molecule has 0 aromatic rings. The molecule has 138 valence electrons. The van der Waals surface area contributed by atoms with Gasteiger partial charge < -0.3 is 15.4 Å². The Morgan fingerprint density at radius 1 is 1.12 bits per heavy atom. The van der Waals surface area contributed by atoms with Crippen LogP contribution in [-0.4, -0.2) is 62.8 Å². The van der Waals surface area contributed by atoms with E-state index in [9.17, 15) is 0 Å². The van der Waals surface area contributed by atoms with Gasteiger partial charge in [-0.1, -0.05) is 32.1 Å². The van der Waals surface area contributed by atoms with E-state index < -0.39 is 0 Å². The number of aliphatic imine (C=N–C) groups is 1. The van der Waals surface area contributed by atoms with Crippen LogP contribution in [0.2, 0.25) is 0 Å². The Morgan fingerprint density at radius 2 is 1.88 bits per heavy atom. The van der Waals surface area contributed by atoms with Crippen molar-refractivity contribution in [3.8, 4) is 0 Å². The molecule has 24 heavy (non-hydrogen) atoms. The van der Waals surface area contributed by atoms with Crippen LogP contribution in [0.5, 0.6) is 0 Å². The van der Waals surface area contributed by atoms with Crippen molar-refractivity contribution in [2.24, 2.45) is 10.9 Å². The molecule has 2 N–H and O–H groups in total. The summed E-state index contributed by atoms with van der Waals surface area (Å²) in [4.78, 5) is 7.12. The van der Waals surface area contributed by atoms with Crippen molar-refractivity contribution in [1.29, 1.82) is 0 Å². The van der Waals surface area contributed by atoms with Gasteiger partial charge in [-0.25, -0.2) is 0 Å². The van der Waals surface area contributed by atoms with Crippen molar-refractivity contribution in [3.63, 3.8) is 0 Å². The second-order valence-electron chi connectivity index (χ2n) is 7.82. The van der Waals surface area contributed by atoms with E-state index in [4.69, 9.17) is 4.74 Å². The van der Waals surface area contributed by atoms with Crippen LogP contribution in [0.1, 0.15) is 57.8 Å². The smallest absolute Gasteiger partial charge is 0.191 e. The third-order valence-electron chi connectivity index (χ3n) is 6.05. The van der Waals surface area contributed by atoms with Crippen molar-refractivity contribution in [2.45, 2.75) is 63.3 Å². The molecule has 2 aliphatic carbocycles. The zero-order valence-corrected chi connectivity index (χ0v) is 15.5. The SMILES string of the molecule is CN=C(NCCCC1CC1)NCC1(N2CCOCC2)CCCCC1. The predicted molar refractivity (Wildman–Crippen MR) is 99.5 cm³/mol. The topological polar surface area (TPSA) is 48.9 Å². The molecule has 1 heterocycles. The molecule has 0 aromatic heterocycles. The van der Waals surface area contributed by atoms with Crippen LogP contribution in [0, 0.1) is 5.92 Å². The van der Waals surface area contributed by atoms with Gasteiger partial charge in [-0.05, 0) is 31.6 Å². The maximum Gasteiger partial charge on any atom is 0.191 e. The average Bonchev–Trinajstić information content (AvgIpc) is 3.47. The first kappa shape index (κ1) is 18.0. The van der Waals surface area contributed by atoms with Crippen LogP contribution < -0.4 is 10.6 Å². The van der Waals surface area contributed by atoms with E-state index in [1.54, 1.807) is 0 Å². The molecule has 3 aliphatic rings. The highest BCUT2D eigenvalue weighted by molar-refractivity contribution is 5.79. The Hall–Kier alpha value is -0.810. The summed E-state index contributed by atoms with van der Waals surface area (Å²) in [5.41, 5.74) is 0.299. The number of nitrogens with one attached hydrogen (secondary N) is 2. The van der Waals surface area contributed by atoms with Gasteiger partial charge in [0.15, 0.2) is 5.96 Å². The van der Waals surface area contributed by atoms with E-state index in [0.717, 1.165) is 51.3 Å². The highest BCUT2D eigenvalue weighted by Crippen LogP contribution is 2.34. The third-order valence-corrected chi connectivity index (χ3v) is 6.05. The Morgan fingerprint density at radius 3 is 2.54 bits per heavy atom. The van der Waals surface area contributed by atoms with Gasteiger partial charge in [-0.3, -0.25) is 9.89 Å². The molecule has 2 saturated carbocycles. The molecular formula is C19H36N4O. The molecule has 0 bridgehead atoms. The molecule has 5 nitrogen and oxygen atoms in total. The van der Waals surface area contributed by atoms with E-state index in [0.29, 0.717) is 5.54 Å². The molecule has 0 aromatic carbocycles. The fourth-order valence-corrected chi connectivity index (χ4v) is 4.33. The number of morpholine rings is 1. The van der Waals surface area contributed by atoms with E-state index in [2.05, 4.69) is 20.5 Å². The van der Waals surface area contributed by atoms with Gasteiger partial charge in [-0.2, -0.15) is 0 Å². The number of hydrogen-bond donors (Lipinski definition) is 2. The van der Waals surface area contributed by atoms with Gasteiger partial charge in [0.2, 0.25) is 0 Å². The van der Waals surface area contributed by atoms with Crippen LogP contribution in [0.3, 0.4) is 0 Å². The van der Waals surface area contributed by atoms with Crippen LogP contribution in [-0.2, 0) is 4.74 Å². The summed E-state index contributed by atoms with van der Waals surface area (Å²) in [6.07, 6.45) is 12.3. The predicted octanol–water partition coefficient (Wildman–Crippen LogP) is 2.38. The molecule has 0 unspecified atom stereocenters. The second kappa shape index (κ2) is 9.04. The summed E-state index contributed by atoms with van der Waals surface area (Å²) in [5.74, 6) is 2.00. The van der Waals surface area contributed by atoms with Crippen LogP contribution in [0.4, 0.5) is 0 Å². The minimum Gasteiger partial charge on any atom is -0.379 e. The van der Waals surface area contributed by atoms with Gasteiger partial charge >= 0.3 is 0 Å². The van der Waals surface area contributed by atoms with Crippen molar-refractivity contribution in [2.75, 3.05) is 46.4 Å². The lowest BCUT2D eigenvalue weighted by atomic mass is 9.80. The minimum absolute atomic E-state index is 0.299. The van der Waals surface area contributed by atoms with Crippen LogP contribution in [0.15, 0.2) is 4.99 Å². The summed E-state index contributed by atoms with van der Waals surface area (Å²) in [6.45, 7) is 5.98. The third kappa shape index (κ3) is 5.09. The minimum atomic E-state index is 0.299. The zero-order valence-electron chi connectivity index (χ0n) is 15.5. The lowest BCUT2D eigenvalue weighted by molar-refractivity contribution is -0.0352. The molecule has 1 aliphatic heterocycles. The fraction of sp³-hybridized carbons (Fsp3) is 0.947. The van der Waals surface area contributed by atoms with Crippen molar-refractivity contribution in [3.05, 3.63) is 0 Å². The first-order valence-electron chi connectivity index (χ1n) is 10.1. The zero-order chi connectivity index (χ0) is 16.7. The summed E-state index contributed by atoms with van der Waals surface area (Å²) < 4.78 is 5.57. The average molecular weight is 337 g/mol. The molecular weight excluding hydrogens is 300 g/mol. The lowest BCUT2D eigenvalue weighted by Gasteiger charge is -2.48. The van der Waals surface area contributed by atoms with Crippen molar-refractivity contribution < 1.29 is 4.74 Å². The van der Waals surface area contributed by atoms with E-state index in [1.807, 2.05) is 7.05 Å². The molecule has 3 rings (SSSR count).